The molecule has 0 fully saturated rings. The fourth-order valence-corrected chi connectivity index (χ4v) is 3.91. The van der Waals surface area contributed by atoms with Gasteiger partial charge < -0.3 is 19.7 Å². The highest BCUT2D eigenvalue weighted by molar-refractivity contribution is 7.87. The van der Waals surface area contributed by atoms with Crippen LogP contribution in [0.25, 0.3) is 0 Å². The number of hydrogen-bond acceptors (Lipinski definition) is 5. The van der Waals surface area contributed by atoms with Crippen LogP contribution < -0.4 is 14.8 Å². The molecule has 2 aromatic rings. The van der Waals surface area contributed by atoms with E-state index in [1.54, 1.807) is 11.0 Å². The van der Waals surface area contributed by atoms with E-state index in [0.29, 0.717) is 22.8 Å². The number of carbonyl (C=O) groups excluding carboxylic acids is 2. The number of anilines is 1. The highest BCUT2D eigenvalue weighted by Gasteiger charge is 2.22. The summed E-state index contributed by atoms with van der Waals surface area (Å²) in [6.45, 7) is 7.45. The highest BCUT2D eigenvalue weighted by Crippen LogP contribution is 2.28. The molecule has 0 radical (unpaired) electrons. The molecule has 8 nitrogen and oxygen atoms in total. The van der Waals surface area contributed by atoms with Crippen molar-refractivity contribution in [2.24, 2.45) is 0 Å². The number of hydrogen-bond donors (Lipinski definition) is 2. The van der Waals surface area contributed by atoms with Crippen molar-refractivity contribution in [3.8, 4) is 5.75 Å². The van der Waals surface area contributed by atoms with Gasteiger partial charge in [0.15, 0.2) is 0 Å². The molecule has 0 aromatic heterocycles. The molecule has 10 heteroatoms. The van der Waals surface area contributed by atoms with E-state index in [4.69, 9.17) is 15.8 Å². The van der Waals surface area contributed by atoms with Gasteiger partial charge in [0, 0.05) is 35.8 Å². The average Bonchev–Trinajstić information content (AvgIpc) is 2.67. The second kappa shape index (κ2) is 10.5. The fourth-order valence-electron chi connectivity index (χ4n) is 2.75. The maximum atomic E-state index is 12.8. The number of benzene rings is 2. The van der Waals surface area contributed by atoms with E-state index in [9.17, 15) is 18.0 Å². The second-order valence-corrected chi connectivity index (χ2v) is 9.03. The third-order valence-electron chi connectivity index (χ3n) is 4.24. The zero-order chi connectivity index (χ0) is 23.2. The van der Waals surface area contributed by atoms with Gasteiger partial charge in [-0.05, 0) is 63.2 Å². The van der Waals surface area contributed by atoms with Crippen LogP contribution in [0, 0.1) is 0 Å². The summed E-state index contributed by atoms with van der Waals surface area (Å²) in [6.07, 6.45) is 0. The highest BCUT2D eigenvalue weighted by atomic mass is 35.5. The lowest BCUT2D eigenvalue weighted by molar-refractivity contribution is -0.114. The number of nitrogens with zero attached hydrogens (tertiary/aromatic N) is 1. The molecule has 0 heterocycles. The lowest BCUT2D eigenvalue weighted by Gasteiger charge is -2.27. The summed E-state index contributed by atoms with van der Waals surface area (Å²) < 4.78 is 31.0. The summed E-state index contributed by atoms with van der Waals surface area (Å²) >= 11 is 6.11. The maximum Gasteiger partial charge on any atom is 0.339 e. The molecule has 0 spiro atoms. The Morgan fingerprint density at radius 2 is 1.77 bits per heavy atom. The Balaban J connectivity index is 2.32. The Labute approximate surface area is 187 Å². The molecule has 31 heavy (non-hydrogen) atoms. The van der Waals surface area contributed by atoms with E-state index in [2.05, 4.69) is 10.6 Å². The van der Waals surface area contributed by atoms with Crippen LogP contribution in [0.15, 0.2) is 47.4 Å². The summed E-state index contributed by atoms with van der Waals surface area (Å²) in [5.41, 5.74) is 0.916. The van der Waals surface area contributed by atoms with E-state index in [0.717, 1.165) is 0 Å². The first-order valence-corrected chi connectivity index (χ1v) is 11.5. The first-order chi connectivity index (χ1) is 14.5. The number of nitrogens with one attached hydrogen (secondary N) is 2. The Kier molecular flexibility index (Phi) is 8.29. The summed E-state index contributed by atoms with van der Waals surface area (Å²) in [4.78, 5) is 25.0. The van der Waals surface area contributed by atoms with Crippen molar-refractivity contribution in [1.29, 1.82) is 0 Å². The molecule has 0 bridgehead atoms. The van der Waals surface area contributed by atoms with Crippen molar-refractivity contribution >= 4 is 39.3 Å². The van der Waals surface area contributed by atoms with Gasteiger partial charge in [0.25, 0.3) is 0 Å². The van der Waals surface area contributed by atoms with Crippen molar-refractivity contribution in [2.75, 3.05) is 11.9 Å². The molecule has 0 aliphatic heterocycles. The molecule has 2 rings (SSSR count). The van der Waals surface area contributed by atoms with Gasteiger partial charge in [-0.15, -0.1) is 0 Å². The van der Waals surface area contributed by atoms with Gasteiger partial charge in [-0.2, -0.15) is 8.42 Å². The van der Waals surface area contributed by atoms with E-state index in [1.807, 2.05) is 20.8 Å². The lowest BCUT2D eigenvalue weighted by atomic mass is 10.1. The quantitative estimate of drug-likeness (QED) is 0.571. The zero-order valence-corrected chi connectivity index (χ0v) is 19.4. The first-order valence-electron chi connectivity index (χ1n) is 9.68. The maximum absolute atomic E-state index is 12.8. The first kappa shape index (κ1) is 24.5. The number of amides is 3. The van der Waals surface area contributed by atoms with Gasteiger partial charge in [-0.1, -0.05) is 11.6 Å². The molecule has 0 aliphatic carbocycles. The van der Waals surface area contributed by atoms with Crippen LogP contribution in [0.2, 0.25) is 5.02 Å². The minimum Gasteiger partial charge on any atom is -0.379 e. The number of rotatable bonds is 8. The number of halogens is 1. The Morgan fingerprint density at radius 3 is 2.32 bits per heavy atom. The molecule has 3 amide bonds. The predicted molar refractivity (Wildman–Crippen MR) is 120 cm³/mol. The van der Waals surface area contributed by atoms with Gasteiger partial charge in [0.1, 0.15) is 10.6 Å². The Hall–Kier alpha value is -2.78. The smallest absolute Gasteiger partial charge is 0.339 e. The molecule has 0 saturated carbocycles. The summed E-state index contributed by atoms with van der Waals surface area (Å²) in [6, 6.07) is 9.73. The largest absolute Gasteiger partial charge is 0.379 e. The van der Waals surface area contributed by atoms with E-state index in [-0.39, 0.29) is 35.2 Å². The molecule has 2 N–H and O–H groups in total. The van der Waals surface area contributed by atoms with E-state index < -0.39 is 10.1 Å². The van der Waals surface area contributed by atoms with Crippen LogP contribution in [-0.2, 0) is 21.5 Å². The van der Waals surface area contributed by atoms with Gasteiger partial charge in [0.05, 0.1) is 6.54 Å². The van der Waals surface area contributed by atoms with Crippen LogP contribution in [-0.4, -0.2) is 37.8 Å². The van der Waals surface area contributed by atoms with Crippen molar-refractivity contribution < 1.29 is 22.2 Å². The van der Waals surface area contributed by atoms with E-state index >= 15 is 0 Å². The second-order valence-electron chi connectivity index (χ2n) is 7.05. The van der Waals surface area contributed by atoms with Gasteiger partial charge >= 0.3 is 16.1 Å². The molecule has 0 aliphatic rings. The predicted octanol–water partition coefficient (Wildman–Crippen LogP) is 4.01. The standard InChI is InChI=1S/C21H26ClN3O5S/c1-5-23-21(27)25(14(2)3)13-16-12-17(22)6-11-20(16)30-31(28,29)19-9-7-18(8-10-19)24-15(4)26/h6-12,14H,5,13H2,1-4H3,(H,23,27)(H,24,26). The Bertz CT molecular complexity index is 1040. The van der Waals surface area contributed by atoms with Gasteiger partial charge in [-0.25, -0.2) is 4.79 Å². The molecule has 0 saturated heterocycles. The normalized spacial score (nSPS) is 11.2. The van der Waals surface area contributed by atoms with Gasteiger partial charge in [-0.3, -0.25) is 4.79 Å². The number of urea groups is 1. The third kappa shape index (κ3) is 6.86. The molecule has 0 atom stereocenters. The van der Waals surface area contributed by atoms with Crippen molar-refractivity contribution in [3.63, 3.8) is 0 Å². The number of carbonyl (C=O) groups is 2. The topological polar surface area (TPSA) is 105 Å². The summed E-state index contributed by atoms with van der Waals surface area (Å²) in [5.74, 6) is -0.190. The van der Waals surface area contributed by atoms with E-state index in [1.165, 1.54) is 43.3 Å². The zero-order valence-electron chi connectivity index (χ0n) is 17.8. The average molecular weight is 468 g/mol. The molecule has 168 valence electrons. The fraction of sp³-hybridized carbons (Fsp3) is 0.333. The van der Waals surface area contributed by atoms with Crippen LogP contribution >= 0.6 is 11.6 Å². The van der Waals surface area contributed by atoms with Crippen LogP contribution in [0.1, 0.15) is 33.3 Å². The minimum absolute atomic E-state index is 0.0743. The molecule has 2 aromatic carbocycles. The van der Waals surface area contributed by atoms with Gasteiger partial charge in [0.2, 0.25) is 5.91 Å². The summed E-state index contributed by atoms with van der Waals surface area (Å²) in [5, 5.41) is 5.70. The summed E-state index contributed by atoms with van der Waals surface area (Å²) in [7, 11) is -4.16. The lowest BCUT2D eigenvalue weighted by Crippen LogP contribution is -2.43. The monoisotopic (exact) mass is 467 g/mol. The third-order valence-corrected chi connectivity index (χ3v) is 5.72. The molecular weight excluding hydrogens is 442 g/mol. The molecule has 0 unspecified atom stereocenters. The van der Waals surface area contributed by atoms with Crippen molar-refractivity contribution in [3.05, 3.63) is 53.1 Å². The van der Waals surface area contributed by atoms with Crippen molar-refractivity contribution in [2.45, 2.75) is 45.2 Å². The van der Waals surface area contributed by atoms with Crippen LogP contribution in [0.5, 0.6) is 5.75 Å². The van der Waals surface area contributed by atoms with Crippen LogP contribution in [0.3, 0.4) is 0 Å². The Morgan fingerprint density at radius 1 is 1.13 bits per heavy atom. The SMILES string of the molecule is CCNC(=O)N(Cc1cc(Cl)ccc1OS(=O)(=O)c1ccc(NC(C)=O)cc1)C(C)C. The minimum atomic E-state index is -4.16. The van der Waals surface area contributed by atoms with Crippen LogP contribution in [0.4, 0.5) is 10.5 Å². The molecular formula is C21H26ClN3O5S. The van der Waals surface area contributed by atoms with Crippen molar-refractivity contribution in [1.82, 2.24) is 10.2 Å².